The SMILES string of the molecule is CC(C)CN1CCC(NC(=O)Nc2cccc(Cl)c2)CC1. The molecule has 0 radical (unpaired) electrons. The van der Waals surface area contributed by atoms with Crippen LogP contribution in [0.15, 0.2) is 24.3 Å². The maximum Gasteiger partial charge on any atom is 0.319 e. The highest BCUT2D eigenvalue weighted by molar-refractivity contribution is 6.30. The topological polar surface area (TPSA) is 44.4 Å². The van der Waals surface area contributed by atoms with Gasteiger partial charge in [-0.15, -0.1) is 0 Å². The lowest BCUT2D eigenvalue weighted by atomic mass is 10.0. The second kappa shape index (κ2) is 7.66. The van der Waals surface area contributed by atoms with E-state index in [9.17, 15) is 4.79 Å². The summed E-state index contributed by atoms with van der Waals surface area (Å²) < 4.78 is 0. The highest BCUT2D eigenvalue weighted by Crippen LogP contribution is 2.15. The molecular formula is C16H24ClN3O. The number of piperidine rings is 1. The molecule has 4 nitrogen and oxygen atoms in total. The molecule has 1 aromatic carbocycles. The third-order valence-corrected chi connectivity index (χ3v) is 3.86. The van der Waals surface area contributed by atoms with E-state index in [1.54, 1.807) is 12.1 Å². The Hall–Kier alpha value is -1.26. The zero-order valence-electron chi connectivity index (χ0n) is 12.7. The van der Waals surface area contributed by atoms with Gasteiger partial charge in [-0.3, -0.25) is 0 Å². The Morgan fingerprint density at radius 1 is 1.38 bits per heavy atom. The first-order chi connectivity index (χ1) is 10.0. The number of carbonyl (C=O) groups excluding carboxylic acids is 1. The van der Waals surface area contributed by atoms with Crippen molar-refractivity contribution in [2.45, 2.75) is 32.7 Å². The molecule has 0 spiro atoms. The Kier molecular flexibility index (Phi) is 5.88. The number of amides is 2. The third kappa shape index (κ3) is 5.56. The molecule has 2 amide bonds. The minimum Gasteiger partial charge on any atom is -0.335 e. The highest BCUT2D eigenvalue weighted by atomic mass is 35.5. The molecule has 2 rings (SSSR count). The highest BCUT2D eigenvalue weighted by Gasteiger charge is 2.20. The predicted octanol–water partition coefficient (Wildman–Crippen LogP) is 3.58. The maximum atomic E-state index is 12.0. The molecule has 0 bridgehead atoms. The van der Waals surface area contributed by atoms with Gasteiger partial charge in [0, 0.05) is 36.4 Å². The van der Waals surface area contributed by atoms with Gasteiger partial charge in [-0.1, -0.05) is 31.5 Å². The molecule has 0 unspecified atom stereocenters. The van der Waals surface area contributed by atoms with E-state index in [1.165, 1.54) is 0 Å². The van der Waals surface area contributed by atoms with Gasteiger partial charge in [0.05, 0.1) is 0 Å². The lowest BCUT2D eigenvalue weighted by molar-refractivity contribution is 0.180. The summed E-state index contributed by atoms with van der Waals surface area (Å²) in [6.07, 6.45) is 2.02. The van der Waals surface area contributed by atoms with E-state index in [-0.39, 0.29) is 12.1 Å². The van der Waals surface area contributed by atoms with E-state index in [4.69, 9.17) is 11.6 Å². The number of benzene rings is 1. The van der Waals surface area contributed by atoms with Crippen LogP contribution in [0.25, 0.3) is 0 Å². The Morgan fingerprint density at radius 2 is 2.10 bits per heavy atom. The number of urea groups is 1. The van der Waals surface area contributed by atoms with E-state index in [1.807, 2.05) is 12.1 Å². The molecule has 0 saturated carbocycles. The van der Waals surface area contributed by atoms with E-state index in [2.05, 4.69) is 29.4 Å². The van der Waals surface area contributed by atoms with Crippen molar-refractivity contribution < 1.29 is 4.79 Å². The van der Waals surface area contributed by atoms with Crippen LogP contribution >= 0.6 is 11.6 Å². The number of rotatable bonds is 4. The van der Waals surface area contributed by atoms with Crippen molar-refractivity contribution in [2.24, 2.45) is 5.92 Å². The van der Waals surface area contributed by atoms with E-state index >= 15 is 0 Å². The van der Waals surface area contributed by atoms with E-state index in [0.717, 1.165) is 38.2 Å². The average molecular weight is 310 g/mol. The Labute approximate surface area is 131 Å². The lowest BCUT2D eigenvalue weighted by Gasteiger charge is -2.33. The summed E-state index contributed by atoms with van der Waals surface area (Å²) >= 11 is 5.90. The summed E-state index contributed by atoms with van der Waals surface area (Å²) in [5.41, 5.74) is 0.720. The fourth-order valence-corrected chi connectivity index (χ4v) is 2.89. The van der Waals surface area contributed by atoms with Crippen molar-refractivity contribution in [3.05, 3.63) is 29.3 Å². The summed E-state index contributed by atoms with van der Waals surface area (Å²) in [4.78, 5) is 14.4. The van der Waals surface area contributed by atoms with Crippen molar-refractivity contribution in [1.82, 2.24) is 10.2 Å². The molecule has 1 aliphatic heterocycles. The second-order valence-electron chi connectivity index (χ2n) is 6.08. The number of hydrogen-bond acceptors (Lipinski definition) is 2. The van der Waals surface area contributed by atoms with Crippen molar-refractivity contribution in [3.8, 4) is 0 Å². The minimum atomic E-state index is -0.153. The van der Waals surface area contributed by atoms with Crippen molar-refractivity contribution in [2.75, 3.05) is 25.0 Å². The number of carbonyl (C=O) groups is 1. The number of anilines is 1. The van der Waals surface area contributed by atoms with Crippen molar-refractivity contribution in [1.29, 1.82) is 0 Å². The molecule has 1 aromatic rings. The molecule has 1 fully saturated rings. The fraction of sp³-hybridized carbons (Fsp3) is 0.562. The van der Waals surface area contributed by atoms with Gasteiger partial charge in [-0.2, -0.15) is 0 Å². The number of nitrogens with one attached hydrogen (secondary N) is 2. The van der Waals surface area contributed by atoms with Crippen LogP contribution in [0.4, 0.5) is 10.5 Å². The van der Waals surface area contributed by atoms with Crippen LogP contribution in [0, 0.1) is 5.92 Å². The van der Waals surface area contributed by atoms with Crippen molar-refractivity contribution >= 4 is 23.3 Å². The van der Waals surface area contributed by atoms with Crippen LogP contribution in [0.5, 0.6) is 0 Å². The Morgan fingerprint density at radius 3 is 2.71 bits per heavy atom. The zero-order valence-corrected chi connectivity index (χ0v) is 13.5. The predicted molar refractivity (Wildman–Crippen MR) is 87.9 cm³/mol. The normalized spacial score (nSPS) is 17.0. The van der Waals surface area contributed by atoms with Crippen LogP contribution in [-0.4, -0.2) is 36.6 Å². The van der Waals surface area contributed by atoms with Crippen LogP contribution in [0.1, 0.15) is 26.7 Å². The summed E-state index contributed by atoms with van der Waals surface area (Å²) in [7, 11) is 0. The Bertz CT molecular complexity index is 470. The van der Waals surface area contributed by atoms with Crippen LogP contribution in [0.3, 0.4) is 0 Å². The molecular weight excluding hydrogens is 286 g/mol. The van der Waals surface area contributed by atoms with Crippen molar-refractivity contribution in [3.63, 3.8) is 0 Å². The van der Waals surface area contributed by atoms with Gasteiger partial charge in [0.1, 0.15) is 0 Å². The largest absolute Gasteiger partial charge is 0.335 e. The lowest BCUT2D eigenvalue weighted by Crippen LogP contribution is -2.46. The molecule has 2 N–H and O–H groups in total. The number of hydrogen-bond donors (Lipinski definition) is 2. The summed E-state index contributed by atoms with van der Waals surface area (Å²) in [5.74, 6) is 0.695. The first-order valence-corrected chi connectivity index (χ1v) is 7.96. The molecule has 1 saturated heterocycles. The summed E-state index contributed by atoms with van der Waals surface area (Å²) in [5, 5.41) is 6.49. The monoisotopic (exact) mass is 309 g/mol. The molecule has 0 aromatic heterocycles. The molecule has 0 atom stereocenters. The van der Waals surface area contributed by atoms with Crippen LogP contribution in [0.2, 0.25) is 5.02 Å². The zero-order chi connectivity index (χ0) is 15.2. The maximum absolute atomic E-state index is 12.0. The van der Waals surface area contributed by atoms with E-state index in [0.29, 0.717) is 10.9 Å². The third-order valence-electron chi connectivity index (χ3n) is 3.63. The fourth-order valence-electron chi connectivity index (χ4n) is 2.70. The molecule has 1 heterocycles. The summed E-state index contributed by atoms with van der Waals surface area (Å²) in [6, 6.07) is 7.28. The van der Waals surface area contributed by atoms with Crippen LogP contribution < -0.4 is 10.6 Å². The smallest absolute Gasteiger partial charge is 0.319 e. The molecule has 1 aliphatic rings. The summed E-state index contributed by atoms with van der Waals surface area (Å²) in [6.45, 7) is 7.73. The van der Waals surface area contributed by atoms with Crippen LogP contribution in [-0.2, 0) is 0 Å². The number of halogens is 1. The van der Waals surface area contributed by atoms with Gasteiger partial charge in [0.2, 0.25) is 0 Å². The van der Waals surface area contributed by atoms with Gasteiger partial charge in [-0.05, 0) is 37.0 Å². The average Bonchev–Trinajstić information content (AvgIpc) is 2.40. The number of nitrogens with zero attached hydrogens (tertiary/aromatic N) is 1. The minimum absolute atomic E-state index is 0.153. The van der Waals surface area contributed by atoms with Gasteiger partial charge < -0.3 is 15.5 Å². The van der Waals surface area contributed by atoms with E-state index < -0.39 is 0 Å². The van der Waals surface area contributed by atoms with Gasteiger partial charge in [-0.25, -0.2) is 4.79 Å². The van der Waals surface area contributed by atoms with Gasteiger partial charge in [0.15, 0.2) is 0 Å². The first kappa shape index (κ1) is 16.1. The molecule has 0 aliphatic carbocycles. The van der Waals surface area contributed by atoms with Gasteiger partial charge in [0.25, 0.3) is 0 Å². The van der Waals surface area contributed by atoms with Gasteiger partial charge >= 0.3 is 6.03 Å². The molecule has 116 valence electrons. The molecule has 21 heavy (non-hydrogen) atoms. The Balaban J connectivity index is 1.74. The second-order valence-corrected chi connectivity index (χ2v) is 6.51. The first-order valence-electron chi connectivity index (χ1n) is 7.58. The quantitative estimate of drug-likeness (QED) is 0.893. The number of likely N-dealkylation sites (tertiary alicyclic amines) is 1. The standard InChI is InChI=1S/C16H24ClN3O/c1-12(2)11-20-8-6-14(7-9-20)18-16(21)19-15-5-3-4-13(17)10-15/h3-5,10,12,14H,6-9,11H2,1-2H3,(H2,18,19,21). The molecule has 5 heteroatoms.